The molecular weight excluding hydrogens is 957 g/mol. The third-order valence-corrected chi connectivity index (χ3v) is 14.1. The van der Waals surface area contributed by atoms with Crippen LogP contribution >= 0.6 is 0 Å². The number of nitrogens with zero attached hydrogens (tertiary/aromatic N) is 8. The van der Waals surface area contributed by atoms with Crippen molar-refractivity contribution < 1.29 is 4.74 Å². The molecule has 0 amide bonds. The standard InChI is InChI=1S/C69H42N8O/c70-43-45-15-13-21-55(39-45)67-75-66(76-68(77-67)56-22-14-16-46(40-56)44-71)52-33-29-48(30-34-52)54-36-38-60-59-37-35-53(41-61(59)69(78-62(60)42-54,57-23-9-3-10-24-57)58-25-11-4-12-26-58)47-27-31-51(32-28-47)65-73-63(49-17-5-1-6-18-49)72-64(74-65)50-19-7-2-8-20-50/h1-42H. The Morgan fingerprint density at radius 1 is 0.282 bits per heavy atom. The smallest absolute Gasteiger partial charge is 0.185 e. The number of fused-ring (bicyclic) bond motifs is 3. The molecule has 0 fully saturated rings. The highest BCUT2D eigenvalue weighted by molar-refractivity contribution is 5.85. The van der Waals surface area contributed by atoms with Gasteiger partial charge in [0, 0.05) is 55.6 Å². The van der Waals surface area contributed by atoms with Crippen LogP contribution in [0.2, 0.25) is 0 Å². The van der Waals surface area contributed by atoms with Gasteiger partial charge in [-0.1, -0.05) is 218 Å². The SMILES string of the molecule is N#Cc1cccc(-c2nc(-c3ccc(-c4ccc5c(c4)OC(c4ccccc4)(c4ccccc4)c4cc(-c6ccc(-c7nc(-c8ccccc8)nc(-c8ccccc8)n7)cc6)ccc4-5)cc3)nc(-c3cccc(C#N)c3)n2)c1. The summed E-state index contributed by atoms with van der Waals surface area (Å²) in [7, 11) is 0. The Kier molecular flexibility index (Phi) is 12.0. The van der Waals surface area contributed by atoms with Crippen LogP contribution < -0.4 is 4.74 Å². The van der Waals surface area contributed by atoms with Crippen LogP contribution in [0.25, 0.3) is 102 Å². The number of nitriles is 2. The first-order valence-electron chi connectivity index (χ1n) is 25.4. The Labute approximate surface area is 450 Å². The molecule has 0 radical (unpaired) electrons. The maximum Gasteiger partial charge on any atom is 0.185 e. The van der Waals surface area contributed by atoms with Crippen LogP contribution in [0.1, 0.15) is 27.8 Å². The van der Waals surface area contributed by atoms with Crippen molar-refractivity contribution in [3.05, 3.63) is 283 Å². The molecule has 2 aromatic heterocycles. The molecule has 1 aliphatic heterocycles. The highest BCUT2D eigenvalue weighted by Gasteiger charge is 2.44. The Balaban J connectivity index is 0.883. The third kappa shape index (κ3) is 8.79. The summed E-state index contributed by atoms with van der Waals surface area (Å²) in [5, 5.41) is 19.4. The number of benzene rings is 10. The summed E-state index contributed by atoms with van der Waals surface area (Å²) in [5.41, 5.74) is 13.9. The first-order valence-corrected chi connectivity index (χ1v) is 25.4. The summed E-state index contributed by atoms with van der Waals surface area (Å²) in [6.45, 7) is 0. The predicted octanol–water partition coefficient (Wildman–Crippen LogP) is 15.5. The van der Waals surface area contributed by atoms with Gasteiger partial charge < -0.3 is 4.74 Å². The van der Waals surface area contributed by atoms with Crippen molar-refractivity contribution in [3.63, 3.8) is 0 Å². The van der Waals surface area contributed by atoms with Gasteiger partial charge in [-0.2, -0.15) is 10.5 Å². The van der Waals surface area contributed by atoms with E-state index in [0.29, 0.717) is 57.2 Å². The van der Waals surface area contributed by atoms with Gasteiger partial charge in [0.05, 0.1) is 23.3 Å². The zero-order valence-electron chi connectivity index (χ0n) is 41.7. The molecule has 0 N–H and O–H groups in total. The van der Waals surface area contributed by atoms with Crippen LogP contribution in [-0.4, -0.2) is 29.9 Å². The lowest BCUT2D eigenvalue weighted by Gasteiger charge is -2.41. The van der Waals surface area contributed by atoms with Crippen LogP contribution in [-0.2, 0) is 5.60 Å². The van der Waals surface area contributed by atoms with Crippen LogP contribution in [0.15, 0.2) is 255 Å². The molecule has 3 heterocycles. The molecule has 78 heavy (non-hydrogen) atoms. The summed E-state index contributed by atoms with van der Waals surface area (Å²) in [6, 6.07) is 89.5. The lowest BCUT2D eigenvalue weighted by atomic mass is 9.74. The zero-order chi connectivity index (χ0) is 52.4. The lowest BCUT2D eigenvalue weighted by molar-refractivity contribution is 0.152. The van der Waals surface area contributed by atoms with E-state index in [1.165, 1.54) is 0 Å². The molecule has 364 valence electrons. The summed E-state index contributed by atoms with van der Waals surface area (Å²) in [5.74, 6) is 3.87. The van der Waals surface area contributed by atoms with E-state index in [9.17, 15) is 10.5 Å². The topological polar surface area (TPSA) is 134 Å². The van der Waals surface area contributed by atoms with Gasteiger partial charge in [-0.15, -0.1) is 0 Å². The van der Waals surface area contributed by atoms with Gasteiger partial charge in [0.25, 0.3) is 0 Å². The molecule has 0 saturated carbocycles. The number of hydrogen-bond donors (Lipinski definition) is 0. The van der Waals surface area contributed by atoms with Crippen LogP contribution in [0.4, 0.5) is 0 Å². The molecular formula is C69H42N8O. The summed E-state index contributed by atoms with van der Waals surface area (Å²) in [4.78, 5) is 29.5. The highest BCUT2D eigenvalue weighted by atomic mass is 16.5. The van der Waals surface area contributed by atoms with E-state index in [2.05, 4.69) is 133 Å². The van der Waals surface area contributed by atoms with Crippen molar-refractivity contribution in [2.75, 3.05) is 0 Å². The van der Waals surface area contributed by atoms with Crippen LogP contribution in [0, 0.1) is 22.7 Å². The minimum Gasteiger partial charge on any atom is -0.472 e. The van der Waals surface area contributed by atoms with Crippen molar-refractivity contribution >= 4 is 0 Å². The van der Waals surface area contributed by atoms with Crippen molar-refractivity contribution in [3.8, 4) is 120 Å². The Bertz CT molecular complexity index is 4120. The highest BCUT2D eigenvalue weighted by Crippen LogP contribution is 2.53. The molecule has 0 atom stereocenters. The van der Waals surface area contributed by atoms with E-state index in [0.717, 1.165) is 78.1 Å². The fourth-order valence-corrected chi connectivity index (χ4v) is 10.2. The lowest BCUT2D eigenvalue weighted by Crippen LogP contribution is -2.38. The summed E-state index contributed by atoms with van der Waals surface area (Å²) in [6.07, 6.45) is 0. The molecule has 12 aromatic rings. The molecule has 0 spiro atoms. The molecule has 1 aliphatic rings. The van der Waals surface area contributed by atoms with Gasteiger partial charge in [0.1, 0.15) is 5.75 Å². The van der Waals surface area contributed by atoms with Gasteiger partial charge >= 0.3 is 0 Å². The number of rotatable bonds is 10. The fraction of sp³-hybridized carbons (Fsp3) is 0.0145. The van der Waals surface area contributed by atoms with Gasteiger partial charge in [-0.25, -0.2) is 29.9 Å². The van der Waals surface area contributed by atoms with Gasteiger partial charge in [0.15, 0.2) is 40.5 Å². The summed E-state index contributed by atoms with van der Waals surface area (Å²) < 4.78 is 7.59. The largest absolute Gasteiger partial charge is 0.472 e. The predicted molar refractivity (Wildman–Crippen MR) is 305 cm³/mol. The molecule has 0 unspecified atom stereocenters. The molecule has 0 saturated heterocycles. The van der Waals surface area contributed by atoms with Gasteiger partial charge in [-0.3, -0.25) is 0 Å². The van der Waals surface area contributed by atoms with E-state index < -0.39 is 5.60 Å². The van der Waals surface area contributed by atoms with Gasteiger partial charge in [0.2, 0.25) is 0 Å². The Morgan fingerprint density at radius 3 is 1.04 bits per heavy atom. The van der Waals surface area contributed by atoms with E-state index in [1.807, 2.05) is 109 Å². The second kappa shape index (κ2) is 20.0. The first kappa shape index (κ1) is 46.8. The monoisotopic (exact) mass is 998 g/mol. The normalized spacial score (nSPS) is 12.0. The zero-order valence-corrected chi connectivity index (χ0v) is 41.7. The average molecular weight is 999 g/mol. The van der Waals surface area contributed by atoms with E-state index in [1.54, 1.807) is 24.3 Å². The maximum atomic E-state index is 9.69. The van der Waals surface area contributed by atoms with Crippen LogP contribution in [0.3, 0.4) is 0 Å². The first-order chi connectivity index (χ1) is 38.5. The van der Waals surface area contributed by atoms with E-state index >= 15 is 0 Å². The minimum atomic E-state index is -1.02. The molecule has 0 aliphatic carbocycles. The average Bonchev–Trinajstić information content (AvgIpc) is 3.58. The van der Waals surface area contributed by atoms with Crippen molar-refractivity contribution in [2.24, 2.45) is 0 Å². The Hall–Kier alpha value is -11.0. The second-order valence-electron chi connectivity index (χ2n) is 18.9. The molecule has 10 aromatic carbocycles. The van der Waals surface area contributed by atoms with Crippen molar-refractivity contribution in [1.29, 1.82) is 10.5 Å². The van der Waals surface area contributed by atoms with Crippen LogP contribution in [0.5, 0.6) is 5.75 Å². The second-order valence-corrected chi connectivity index (χ2v) is 18.9. The third-order valence-electron chi connectivity index (χ3n) is 14.1. The molecule has 0 bridgehead atoms. The number of aromatic nitrogens is 6. The Morgan fingerprint density at radius 2 is 0.615 bits per heavy atom. The number of ether oxygens (including phenoxy) is 1. The van der Waals surface area contributed by atoms with Crippen molar-refractivity contribution in [2.45, 2.75) is 5.60 Å². The number of hydrogen-bond acceptors (Lipinski definition) is 9. The van der Waals surface area contributed by atoms with Crippen molar-refractivity contribution in [1.82, 2.24) is 29.9 Å². The fourth-order valence-electron chi connectivity index (χ4n) is 10.2. The van der Waals surface area contributed by atoms with E-state index in [-0.39, 0.29) is 0 Å². The minimum absolute atomic E-state index is 0.419. The molecule has 13 rings (SSSR count). The maximum absolute atomic E-state index is 9.69. The summed E-state index contributed by atoms with van der Waals surface area (Å²) >= 11 is 0. The molecule has 9 nitrogen and oxygen atoms in total. The quantitative estimate of drug-likeness (QED) is 0.131. The van der Waals surface area contributed by atoms with E-state index in [4.69, 9.17) is 34.6 Å². The molecule has 9 heteroatoms. The van der Waals surface area contributed by atoms with Gasteiger partial charge in [-0.05, 0) is 64.2 Å².